The van der Waals surface area contributed by atoms with Crippen molar-refractivity contribution in [2.45, 2.75) is 18.9 Å². The van der Waals surface area contributed by atoms with Gasteiger partial charge in [0.25, 0.3) is 0 Å². The summed E-state index contributed by atoms with van der Waals surface area (Å²) < 4.78 is 0. The monoisotopic (exact) mass is 351 g/mol. The van der Waals surface area contributed by atoms with Crippen LogP contribution in [0, 0.1) is 0 Å². The van der Waals surface area contributed by atoms with Crippen molar-refractivity contribution in [3.05, 3.63) is 64.4 Å². The maximum atomic E-state index is 10.3. The number of nitrogens with one attached hydrogen (secondary N) is 1. The third-order valence-electron chi connectivity index (χ3n) is 5.08. The van der Waals surface area contributed by atoms with Crippen LogP contribution in [-0.2, 0) is 0 Å². The number of thiophene rings is 1. The van der Waals surface area contributed by atoms with Crippen molar-refractivity contribution in [3.8, 4) is 5.75 Å². The number of aromatic hydroxyl groups is 1. The molecule has 2 N–H and O–H groups in total. The van der Waals surface area contributed by atoms with Crippen LogP contribution in [-0.4, -0.2) is 31.0 Å². The van der Waals surface area contributed by atoms with Crippen molar-refractivity contribution in [2.24, 2.45) is 4.99 Å². The molecule has 2 heterocycles. The molecule has 2 aromatic carbocycles. The molecule has 3 aromatic rings. The minimum atomic E-state index is 0.295. The first kappa shape index (κ1) is 16.3. The van der Waals surface area contributed by atoms with Gasteiger partial charge in [-0.2, -0.15) is 0 Å². The van der Waals surface area contributed by atoms with Crippen LogP contribution in [0.15, 0.2) is 58.9 Å². The van der Waals surface area contributed by atoms with Crippen molar-refractivity contribution in [2.75, 3.05) is 19.6 Å². The Balaban J connectivity index is 1.60. The topological polar surface area (TPSA) is 37.0 Å². The van der Waals surface area contributed by atoms with Gasteiger partial charge in [-0.25, -0.2) is 0 Å². The summed E-state index contributed by atoms with van der Waals surface area (Å²) in [4.78, 5) is 7.81. The van der Waals surface area contributed by atoms with Crippen LogP contribution in [0.5, 0.6) is 5.75 Å². The van der Waals surface area contributed by atoms with E-state index in [1.165, 1.54) is 30.8 Å². The lowest BCUT2D eigenvalue weighted by Crippen LogP contribution is -3.10. The number of fused-ring (bicyclic) bond motifs is 1. The smallest absolute Gasteiger partial charge is 0.142 e. The Labute approximate surface area is 152 Å². The van der Waals surface area contributed by atoms with Crippen LogP contribution in [0.4, 0.5) is 0 Å². The average Bonchev–Trinajstić information content (AvgIpc) is 3.34. The maximum absolute atomic E-state index is 10.3. The highest BCUT2D eigenvalue weighted by Crippen LogP contribution is 2.25. The second-order valence-electron chi connectivity index (χ2n) is 6.65. The Morgan fingerprint density at radius 3 is 2.72 bits per heavy atom. The van der Waals surface area contributed by atoms with E-state index in [1.807, 2.05) is 41.8 Å². The summed E-state index contributed by atoms with van der Waals surface area (Å²) in [6.45, 7) is 3.23. The van der Waals surface area contributed by atoms with Crippen molar-refractivity contribution in [3.63, 3.8) is 0 Å². The van der Waals surface area contributed by atoms with E-state index in [0.29, 0.717) is 11.8 Å². The summed E-state index contributed by atoms with van der Waals surface area (Å²) in [7, 11) is 0. The minimum Gasteiger partial charge on any atom is -0.507 e. The number of rotatable bonds is 5. The molecule has 1 saturated heterocycles. The average molecular weight is 351 g/mol. The molecule has 128 valence electrons. The summed E-state index contributed by atoms with van der Waals surface area (Å²) in [6.07, 6.45) is 4.48. The molecule has 4 heteroatoms. The first-order valence-electron chi connectivity index (χ1n) is 8.91. The highest BCUT2D eigenvalue weighted by Gasteiger charge is 2.27. The van der Waals surface area contributed by atoms with E-state index in [1.54, 1.807) is 11.0 Å². The molecule has 3 nitrogen and oxygen atoms in total. The number of benzene rings is 2. The van der Waals surface area contributed by atoms with Crippen LogP contribution in [0.2, 0.25) is 0 Å². The predicted molar refractivity (Wildman–Crippen MR) is 105 cm³/mol. The Morgan fingerprint density at radius 2 is 1.92 bits per heavy atom. The first-order valence-corrected chi connectivity index (χ1v) is 9.79. The molecule has 1 aliphatic heterocycles. The van der Waals surface area contributed by atoms with E-state index in [-0.39, 0.29) is 0 Å². The number of nitrogens with zero attached hydrogens (tertiary/aromatic N) is 1. The zero-order valence-electron chi connectivity index (χ0n) is 14.2. The fourth-order valence-corrected chi connectivity index (χ4v) is 4.63. The predicted octanol–water partition coefficient (Wildman–Crippen LogP) is 3.45. The molecular weight excluding hydrogens is 328 g/mol. The van der Waals surface area contributed by atoms with E-state index in [9.17, 15) is 5.11 Å². The van der Waals surface area contributed by atoms with Crippen LogP contribution < -0.4 is 4.90 Å². The molecule has 1 aliphatic rings. The van der Waals surface area contributed by atoms with Gasteiger partial charge in [-0.15, -0.1) is 11.3 Å². The van der Waals surface area contributed by atoms with Gasteiger partial charge in [0.15, 0.2) is 0 Å². The van der Waals surface area contributed by atoms with Crippen molar-refractivity contribution < 1.29 is 10.0 Å². The molecule has 4 rings (SSSR count). The number of aliphatic imine (C=N–C) groups is 1. The van der Waals surface area contributed by atoms with Crippen LogP contribution in [0.1, 0.15) is 29.3 Å². The highest BCUT2D eigenvalue weighted by atomic mass is 32.1. The number of likely N-dealkylation sites (tertiary alicyclic amines) is 1. The Morgan fingerprint density at radius 1 is 1.08 bits per heavy atom. The molecule has 1 aromatic heterocycles. The Bertz CT molecular complexity index is 867. The Kier molecular flexibility index (Phi) is 4.81. The van der Waals surface area contributed by atoms with Gasteiger partial charge in [0, 0.05) is 24.6 Å². The quantitative estimate of drug-likeness (QED) is 0.679. The molecule has 1 fully saturated rings. The number of hydrogen-bond donors (Lipinski definition) is 2. The van der Waals surface area contributed by atoms with Gasteiger partial charge in [0.1, 0.15) is 11.8 Å². The normalized spacial score (nSPS) is 16.8. The number of quaternary nitrogens is 1. The van der Waals surface area contributed by atoms with Gasteiger partial charge in [0.05, 0.1) is 24.5 Å². The molecule has 0 bridgehead atoms. The van der Waals surface area contributed by atoms with Crippen LogP contribution in [0.25, 0.3) is 10.8 Å². The summed E-state index contributed by atoms with van der Waals surface area (Å²) in [5.41, 5.74) is 0.819. The second kappa shape index (κ2) is 7.38. The summed E-state index contributed by atoms with van der Waals surface area (Å²) in [6, 6.07) is 16.6. The minimum absolute atomic E-state index is 0.295. The van der Waals surface area contributed by atoms with Crippen molar-refractivity contribution >= 4 is 28.3 Å². The maximum Gasteiger partial charge on any atom is 0.142 e. The molecule has 25 heavy (non-hydrogen) atoms. The van der Waals surface area contributed by atoms with Crippen molar-refractivity contribution in [1.29, 1.82) is 0 Å². The fourth-order valence-electron chi connectivity index (χ4n) is 3.76. The third kappa shape index (κ3) is 3.46. The van der Waals surface area contributed by atoms with Crippen molar-refractivity contribution in [1.82, 2.24) is 0 Å². The second-order valence-corrected chi connectivity index (χ2v) is 7.63. The molecule has 0 amide bonds. The first-order chi connectivity index (χ1) is 12.3. The molecule has 0 saturated carbocycles. The van der Waals surface area contributed by atoms with Gasteiger partial charge in [0.2, 0.25) is 0 Å². The lowest BCUT2D eigenvalue weighted by Gasteiger charge is -2.22. The molecule has 0 radical (unpaired) electrons. The summed E-state index contributed by atoms with van der Waals surface area (Å²) in [5.74, 6) is 0.295. The summed E-state index contributed by atoms with van der Waals surface area (Å²) in [5, 5.41) is 14.6. The number of hydrogen-bond acceptors (Lipinski definition) is 3. The largest absolute Gasteiger partial charge is 0.507 e. The van der Waals surface area contributed by atoms with Gasteiger partial charge < -0.3 is 10.0 Å². The lowest BCUT2D eigenvalue weighted by molar-refractivity contribution is -0.917. The molecule has 1 atom stereocenters. The highest BCUT2D eigenvalue weighted by molar-refractivity contribution is 7.10. The van der Waals surface area contributed by atoms with Crippen LogP contribution >= 0.6 is 11.3 Å². The van der Waals surface area contributed by atoms with Crippen LogP contribution in [0.3, 0.4) is 0 Å². The van der Waals surface area contributed by atoms with Gasteiger partial charge in [-0.3, -0.25) is 4.99 Å². The Hall–Kier alpha value is -2.17. The van der Waals surface area contributed by atoms with E-state index in [2.05, 4.69) is 23.6 Å². The van der Waals surface area contributed by atoms with E-state index >= 15 is 0 Å². The standard InChI is InChI=1S/C21H22N2OS/c24-20-10-9-16-6-1-2-7-17(16)18(20)14-22-15-19(21-8-5-13-25-21)23-11-3-4-12-23/h1-2,5-10,13-14,19,24H,3-4,11-12,15H2/p+1/t19-/m0/s1. The SMILES string of the molecule is Oc1ccc2ccccc2c1C=NC[C@@H](c1cccs1)[NH+]1CCCC1. The zero-order valence-corrected chi connectivity index (χ0v) is 15.0. The summed E-state index contributed by atoms with van der Waals surface area (Å²) >= 11 is 1.83. The molecule has 0 aliphatic carbocycles. The number of phenolic OH excluding ortho intramolecular Hbond substituents is 1. The van der Waals surface area contributed by atoms with E-state index < -0.39 is 0 Å². The third-order valence-corrected chi connectivity index (χ3v) is 6.07. The number of phenols is 1. The van der Waals surface area contributed by atoms with Gasteiger partial charge in [-0.05, 0) is 28.3 Å². The van der Waals surface area contributed by atoms with Gasteiger partial charge in [-0.1, -0.05) is 36.4 Å². The van der Waals surface area contributed by atoms with E-state index in [4.69, 9.17) is 4.99 Å². The van der Waals surface area contributed by atoms with Gasteiger partial charge >= 0.3 is 0 Å². The van der Waals surface area contributed by atoms with E-state index in [0.717, 1.165) is 22.9 Å². The molecular formula is C21H23N2OS+. The zero-order chi connectivity index (χ0) is 17.1. The fraction of sp³-hybridized carbons (Fsp3) is 0.286. The lowest BCUT2D eigenvalue weighted by atomic mass is 10.0. The molecule has 0 spiro atoms. The molecule has 0 unspecified atom stereocenters.